The van der Waals surface area contributed by atoms with Crippen molar-refractivity contribution in [3.05, 3.63) is 101 Å². The molecule has 1 aliphatic rings. The van der Waals surface area contributed by atoms with Crippen LogP contribution in [0.1, 0.15) is 56.2 Å². The third-order valence-electron chi connectivity index (χ3n) is 7.10. The molecule has 2 N–H and O–H groups in total. The first-order valence-electron chi connectivity index (χ1n) is 13.3. The predicted octanol–water partition coefficient (Wildman–Crippen LogP) is 5.86. The number of esters is 1. The fourth-order valence-electron chi connectivity index (χ4n) is 5.20. The second kappa shape index (κ2) is 12.3. The molecule has 2 heterocycles. The van der Waals surface area contributed by atoms with Crippen LogP contribution in [0.25, 0.3) is 0 Å². The molecule has 40 heavy (non-hydrogen) atoms. The largest absolute Gasteiger partial charge is 0.512 e. The van der Waals surface area contributed by atoms with Crippen molar-refractivity contribution in [2.75, 3.05) is 4.72 Å². The lowest BCUT2D eigenvalue weighted by molar-refractivity contribution is -0.161. The Balaban J connectivity index is 1.47. The fourth-order valence-corrected chi connectivity index (χ4v) is 6.18. The summed E-state index contributed by atoms with van der Waals surface area (Å²) in [5.74, 6) is -0.788. The van der Waals surface area contributed by atoms with E-state index < -0.39 is 21.6 Å². The smallest absolute Gasteiger partial charge is 0.338 e. The summed E-state index contributed by atoms with van der Waals surface area (Å²) in [6, 6.07) is 21.4. The van der Waals surface area contributed by atoms with E-state index in [9.17, 15) is 18.3 Å². The van der Waals surface area contributed by atoms with Crippen molar-refractivity contribution in [2.24, 2.45) is 5.92 Å². The highest BCUT2D eigenvalue weighted by molar-refractivity contribution is 7.92. The average Bonchev–Trinajstić information content (AvgIpc) is 2.92. The molecule has 1 aromatic heterocycles. The van der Waals surface area contributed by atoms with Gasteiger partial charge in [0.2, 0.25) is 0 Å². The number of carbonyl (C=O) groups excluding carboxylic acids is 1. The molecule has 9 heteroatoms. The van der Waals surface area contributed by atoms with Crippen LogP contribution in [-0.2, 0) is 32.4 Å². The number of ether oxygens (including phenoxy) is 1. The highest BCUT2D eigenvalue weighted by Crippen LogP contribution is 2.39. The zero-order valence-electron chi connectivity index (χ0n) is 22.6. The van der Waals surface area contributed by atoms with Crippen molar-refractivity contribution in [3.63, 3.8) is 0 Å². The summed E-state index contributed by atoms with van der Waals surface area (Å²) in [5.41, 5.74) is 2.05. The first-order valence-corrected chi connectivity index (χ1v) is 14.8. The standard InChI is InChI=1S/C31H33N3O5S/c1-3-15-31(16-14-23-8-5-4-6-9-23)19-27(35)29(30(36)39-31)22(2)17-24-10-7-11-26(18-24)34-40(37,38)28-13-12-25(20-32)21-33-28/h4-13,18,21-22,34-35H,3,14-17,19H2,1-2H3/t22?,31-/m0/s1. The monoisotopic (exact) mass is 559 g/mol. The van der Waals surface area contributed by atoms with E-state index in [0.717, 1.165) is 24.0 Å². The van der Waals surface area contributed by atoms with Gasteiger partial charge in [0.15, 0.2) is 5.03 Å². The minimum absolute atomic E-state index is 0.0639. The van der Waals surface area contributed by atoms with Crippen LogP contribution in [0.2, 0.25) is 0 Å². The fraction of sp³-hybridized carbons (Fsp3) is 0.323. The summed E-state index contributed by atoms with van der Waals surface area (Å²) < 4.78 is 34.1. The molecule has 8 nitrogen and oxygen atoms in total. The summed E-state index contributed by atoms with van der Waals surface area (Å²) in [6.07, 6.45) is 4.72. The van der Waals surface area contributed by atoms with Crippen molar-refractivity contribution in [1.82, 2.24) is 4.98 Å². The summed E-state index contributed by atoms with van der Waals surface area (Å²) in [7, 11) is -3.96. The van der Waals surface area contributed by atoms with Crippen LogP contribution in [-0.4, -0.2) is 30.1 Å². The van der Waals surface area contributed by atoms with E-state index in [1.165, 1.54) is 18.3 Å². The number of cyclic esters (lactones) is 1. The van der Waals surface area contributed by atoms with Crippen molar-refractivity contribution in [3.8, 4) is 6.07 Å². The number of nitrogens with one attached hydrogen (secondary N) is 1. The van der Waals surface area contributed by atoms with Gasteiger partial charge in [-0.1, -0.05) is 62.7 Å². The summed E-state index contributed by atoms with van der Waals surface area (Å²) in [4.78, 5) is 17.1. The number of anilines is 1. The van der Waals surface area contributed by atoms with Gasteiger partial charge in [0.25, 0.3) is 10.0 Å². The van der Waals surface area contributed by atoms with Crippen LogP contribution < -0.4 is 4.72 Å². The molecule has 2 atom stereocenters. The number of aryl methyl sites for hydroxylation is 1. The maximum Gasteiger partial charge on any atom is 0.338 e. The maximum absolute atomic E-state index is 13.2. The minimum Gasteiger partial charge on any atom is -0.512 e. The van der Waals surface area contributed by atoms with Crippen molar-refractivity contribution in [1.29, 1.82) is 5.26 Å². The van der Waals surface area contributed by atoms with Gasteiger partial charge in [0.1, 0.15) is 17.4 Å². The number of benzene rings is 2. The van der Waals surface area contributed by atoms with Crippen LogP contribution >= 0.6 is 0 Å². The molecule has 0 saturated carbocycles. The first kappa shape index (κ1) is 28.8. The van der Waals surface area contributed by atoms with Gasteiger partial charge in [-0.15, -0.1) is 0 Å². The van der Waals surface area contributed by atoms with Gasteiger partial charge >= 0.3 is 5.97 Å². The van der Waals surface area contributed by atoms with E-state index in [1.807, 2.05) is 56.3 Å². The van der Waals surface area contributed by atoms with Crippen LogP contribution in [0.15, 0.2) is 89.3 Å². The lowest BCUT2D eigenvalue weighted by atomic mass is 9.81. The van der Waals surface area contributed by atoms with Gasteiger partial charge in [-0.25, -0.2) is 9.78 Å². The quantitative estimate of drug-likeness (QED) is 0.281. The topological polar surface area (TPSA) is 129 Å². The average molecular weight is 560 g/mol. The van der Waals surface area contributed by atoms with E-state index in [4.69, 9.17) is 10.00 Å². The molecular weight excluding hydrogens is 526 g/mol. The first-order chi connectivity index (χ1) is 19.1. The Morgan fingerprint density at radius 1 is 1.10 bits per heavy atom. The molecule has 0 aliphatic carbocycles. The number of carbonyl (C=O) groups is 1. The molecule has 208 valence electrons. The molecule has 0 saturated heterocycles. The van der Waals surface area contributed by atoms with Gasteiger partial charge < -0.3 is 9.84 Å². The number of nitrogens with zero attached hydrogens (tertiary/aromatic N) is 2. The van der Waals surface area contributed by atoms with Gasteiger partial charge in [-0.05, 0) is 67.0 Å². The molecule has 0 radical (unpaired) electrons. The van der Waals surface area contributed by atoms with E-state index >= 15 is 0 Å². The molecule has 0 spiro atoms. The highest BCUT2D eigenvalue weighted by Gasteiger charge is 2.42. The number of hydrogen-bond donors (Lipinski definition) is 2. The van der Waals surface area contributed by atoms with E-state index in [-0.39, 0.29) is 34.3 Å². The Morgan fingerprint density at radius 3 is 2.50 bits per heavy atom. The second-order valence-electron chi connectivity index (χ2n) is 10.3. The zero-order valence-corrected chi connectivity index (χ0v) is 23.4. The molecule has 3 aromatic rings. The summed E-state index contributed by atoms with van der Waals surface area (Å²) in [6.45, 7) is 3.89. The van der Waals surface area contributed by atoms with Gasteiger partial charge in [-0.2, -0.15) is 13.7 Å². The predicted molar refractivity (Wildman–Crippen MR) is 152 cm³/mol. The number of pyridine rings is 1. The summed E-state index contributed by atoms with van der Waals surface area (Å²) >= 11 is 0. The number of hydrogen-bond acceptors (Lipinski definition) is 7. The Bertz CT molecular complexity index is 1530. The normalized spacial score (nSPS) is 18.1. The Morgan fingerprint density at radius 2 is 1.85 bits per heavy atom. The van der Waals surface area contributed by atoms with Gasteiger partial charge in [-0.3, -0.25) is 4.72 Å². The van der Waals surface area contributed by atoms with Gasteiger partial charge in [0, 0.05) is 18.3 Å². The number of aliphatic hydroxyl groups excluding tert-OH is 1. The van der Waals surface area contributed by atoms with Crippen molar-refractivity contribution >= 4 is 21.7 Å². The Hall–Kier alpha value is -4.16. The SMILES string of the molecule is CCC[C@]1(CCc2ccccc2)CC(O)=C(C(C)Cc2cccc(NS(=O)(=O)c3ccc(C#N)cn3)c2)C(=O)O1. The van der Waals surface area contributed by atoms with Crippen molar-refractivity contribution in [2.45, 2.75) is 63.0 Å². The molecule has 2 aromatic carbocycles. The minimum atomic E-state index is -3.96. The number of nitriles is 1. The molecule has 0 amide bonds. The third kappa shape index (κ3) is 6.88. The Labute approximate surface area is 235 Å². The second-order valence-corrected chi connectivity index (χ2v) is 11.9. The van der Waals surface area contributed by atoms with Crippen LogP contribution in [0, 0.1) is 17.2 Å². The van der Waals surface area contributed by atoms with Crippen LogP contribution in [0.3, 0.4) is 0 Å². The zero-order chi connectivity index (χ0) is 28.8. The lowest BCUT2D eigenvalue weighted by Crippen LogP contribution is -2.41. The highest BCUT2D eigenvalue weighted by atomic mass is 32.2. The molecule has 1 aliphatic heterocycles. The molecular formula is C31H33N3O5S. The summed E-state index contributed by atoms with van der Waals surface area (Å²) in [5, 5.41) is 19.8. The van der Waals surface area contributed by atoms with Crippen LogP contribution in [0.4, 0.5) is 5.69 Å². The van der Waals surface area contributed by atoms with E-state index in [2.05, 4.69) is 9.71 Å². The number of aromatic nitrogens is 1. The third-order valence-corrected chi connectivity index (χ3v) is 8.40. The van der Waals surface area contributed by atoms with Gasteiger partial charge in [0.05, 0.1) is 11.1 Å². The molecule has 0 fully saturated rings. The maximum atomic E-state index is 13.2. The van der Waals surface area contributed by atoms with E-state index in [0.29, 0.717) is 24.9 Å². The van der Waals surface area contributed by atoms with E-state index in [1.54, 1.807) is 18.2 Å². The van der Waals surface area contributed by atoms with Crippen molar-refractivity contribution < 1.29 is 23.1 Å². The number of rotatable bonds is 11. The number of sulfonamides is 1. The molecule has 4 rings (SSSR count). The molecule has 1 unspecified atom stereocenters. The van der Waals surface area contributed by atoms with Crippen LogP contribution in [0.5, 0.6) is 0 Å². The molecule has 0 bridgehead atoms. The Kier molecular flexibility index (Phi) is 8.90. The lowest BCUT2D eigenvalue weighted by Gasteiger charge is -2.38. The number of aliphatic hydroxyl groups is 1.